The van der Waals surface area contributed by atoms with Crippen LogP contribution in [0.5, 0.6) is 0 Å². The van der Waals surface area contributed by atoms with Crippen LogP contribution in [-0.4, -0.2) is 86.0 Å². The summed E-state index contributed by atoms with van der Waals surface area (Å²) in [5, 5.41) is 0. The molecule has 0 fully saturated rings. The summed E-state index contributed by atoms with van der Waals surface area (Å²) < 4.78 is 6.17. The Labute approximate surface area is 250 Å². The molecule has 0 amide bonds. The van der Waals surface area contributed by atoms with E-state index in [0.717, 1.165) is 22.6 Å². The third-order valence-electron chi connectivity index (χ3n) is 6.69. The van der Waals surface area contributed by atoms with E-state index in [9.17, 15) is 0 Å². The van der Waals surface area contributed by atoms with Gasteiger partial charge in [-0.05, 0) is 55.4 Å². The van der Waals surface area contributed by atoms with E-state index in [1.165, 1.54) is 0 Å². The molecule has 10 heteroatoms. The number of rotatable bonds is 13. The molecule has 0 saturated carbocycles. The summed E-state index contributed by atoms with van der Waals surface area (Å²) in [4.78, 5) is 0. The van der Waals surface area contributed by atoms with Crippen LogP contribution in [0.4, 0.5) is 0 Å². The minimum absolute atomic E-state index is 0.114. The number of nitrogens with zero attached hydrogens (tertiary/aromatic N) is 2. The standard InChI is InChI=1S/C14H32P2.C12H36GeN2Si4.Pd/c1-11(2)15(12(3)4)9-10-16(13(5)6)14(7)8;1-16(2,3)14(17(4,5)6)13-15(18(7,8)9)19(10,11)12;/h11-14H,9-10H2,1-8H3;1-12H3;/p+2. The average molecular weight is 764 g/mol. The predicted octanol–water partition coefficient (Wildman–Crippen LogP) is 9.51. The fraction of sp³-hybridized carbons (Fsp3) is 1.00. The van der Waals surface area contributed by atoms with Gasteiger partial charge < -0.3 is 0 Å². The van der Waals surface area contributed by atoms with E-state index in [-0.39, 0.29) is 15.8 Å². The second-order valence-corrected chi connectivity index (χ2v) is 54.1. The molecule has 0 heterocycles. The molecule has 0 N–H and O–H groups in total. The van der Waals surface area contributed by atoms with E-state index >= 15 is 0 Å². The Bertz CT molecular complexity index is 554. The molecule has 0 aromatic heterocycles. The van der Waals surface area contributed by atoms with E-state index in [1.54, 1.807) is 12.3 Å². The van der Waals surface area contributed by atoms with Crippen molar-refractivity contribution in [2.45, 2.75) is 157 Å². The molecule has 0 aromatic rings. The van der Waals surface area contributed by atoms with Crippen LogP contribution in [-0.2, 0) is 16.5 Å². The molecule has 0 aliphatic rings. The number of hydrogen-bond donors (Lipinski definition) is 0. The SMILES string of the molecule is CC(C)[PH+](CC[PH+](C(C)C)C(C)C)C(C)C.C[Si](C)(C)[N]([Ge](=[Pd])[N]([Si](C)(C)C)[Si](C)(C)C)[Si](C)(C)C. The van der Waals surface area contributed by atoms with Gasteiger partial charge in [0, 0.05) is 15.8 Å². The molecular formula is C26H70GeN2P2PdSi4+2. The summed E-state index contributed by atoms with van der Waals surface area (Å²) in [6, 6.07) is 0. The van der Waals surface area contributed by atoms with E-state index < -0.39 is 44.6 Å². The van der Waals surface area contributed by atoms with Crippen molar-refractivity contribution < 1.29 is 16.5 Å². The topological polar surface area (TPSA) is 6.48 Å². The van der Waals surface area contributed by atoms with Gasteiger partial charge in [-0.25, -0.2) is 0 Å². The van der Waals surface area contributed by atoms with Gasteiger partial charge >= 0.3 is 146 Å². The Morgan fingerprint density at radius 3 is 0.750 bits per heavy atom. The third kappa shape index (κ3) is 15.2. The molecule has 2 nitrogen and oxygen atoms in total. The normalized spacial score (nSPS) is 14.3. The molecule has 36 heavy (non-hydrogen) atoms. The first kappa shape index (κ1) is 41.0. The molecule has 0 atom stereocenters. The Hall–Kier alpha value is 2.85. The van der Waals surface area contributed by atoms with Crippen molar-refractivity contribution >= 4 is 60.5 Å². The van der Waals surface area contributed by atoms with E-state index in [2.05, 4.69) is 157 Å². The summed E-state index contributed by atoms with van der Waals surface area (Å²) in [7, 11) is -5.31. The fourth-order valence-corrected chi connectivity index (χ4v) is 81.3. The van der Waals surface area contributed by atoms with Crippen molar-refractivity contribution in [2.24, 2.45) is 0 Å². The average Bonchev–Trinajstić information content (AvgIpc) is 2.51. The molecule has 0 aromatic carbocycles. The summed E-state index contributed by atoms with van der Waals surface area (Å²) in [5.74, 6) is 0. The van der Waals surface area contributed by atoms with Crippen LogP contribution in [0.15, 0.2) is 0 Å². The maximum atomic E-state index is 3.98. The van der Waals surface area contributed by atoms with E-state index in [0.29, 0.717) is 0 Å². The van der Waals surface area contributed by atoms with Gasteiger partial charge in [-0.3, -0.25) is 0 Å². The summed E-state index contributed by atoms with van der Waals surface area (Å²) in [5.41, 5.74) is 3.81. The second kappa shape index (κ2) is 16.5. The van der Waals surface area contributed by atoms with Crippen LogP contribution < -0.4 is 0 Å². The van der Waals surface area contributed by atoms with Crippen LogP contribution in [0.1, 0.15) is 55.4 Å². The molecule has 0 saturated heterocycles. The van der Waals surface area contributed by atoms with Crippen molar-refractivity contribution in [3.8, 4) is 0 Å². The van der Waals surface area contributed by atoms with Crippen LogP contribution in [0.3, 0.4) is 0 Å². The van der Waals surface area contributed by atoms with Gasteiger partial charge in [0.1, 0.15) is 0 Å². The van der Waals surface area contributed by atoms with Crippen molar-refractivity contribution in [2.75, 3.05) is 12.3 Å². The Morgan fingerprint density at radius 2 is 0.639 bits per heavy atom. The van der Waals surface area contributed by atoms with Crippen LogP contribution in [0.2, 0.25) is 78.6 Å². The molecule has 0 rings (SSSR count). The van der Waals surface area contributed by atoms with Gasteiger partial charge in [0.2, 0.25) is 0 Å². The van der Waals surface area contributed by atoms with Gasteiger partial charge in [0.05, 0.1) is 35.0 Å². The summed E-state index contributed by atoms with van der Waals surface area (Å²) >= 11 is 2.49. The molecular weight excluding hydrogens is 694 g/mol. The molecule has 0 aliphatic carbocycles. The minimum atomic E-state index is -1.50. The van der Waals surface area contributed by atoms with Gasteiger partial charge in [-0.1, -0.05) is 0 Å². The van der Waals surface area contributed by atoms with Crippen LogP contribution in [0, 0.1) is 0 Å². The molecule has 0 aliphatic heterocycles. The van der Waals surface area contributed by atoms with E-state index in [4.69, 9.17) is 0 Å². The zero-order chi connectivity index (χ0) is 29.6. The third-order valence-corrected chi connectivity index (χ3v) is 60.9. The maximum absolute atomic E-state index is 3.98. The van der Waals surface area contributed by atoms with Gasteiger partial charge in [-0.15, -0.1) is 0 Å². The predicted molar refractivity (Wildman–Crippen MR) is 190 cm³/mol. The first-order valence-electron chi connectivity index (χ1n) is 14.5. The second-order valence-electron chi connectivity index (χ2n) is 15.9. The molecule has 0 bridgehead atoms. The zero-order valence-electron chi connectivity index (χ0n) is 28.4. The van der Waals surface area contributed by atoms with E-state index in [1.807, 2.05) is 0 Å². The fourth-order valence-electron chi connectivity index (χ4n) is 5.91. The summed E-state index contributed by atoms with van der Waals surface area (Å²) in [6.07, 6.45) is 3.12. The summed E-state index contributed by atoms with van der Waals surface area (Å²) in [6.45, 7) is 50.0. The van der Waals surface area contributed by atoms with Gasteiger partial charge in [0.25, 0.3) is 0 Å². The Balaban J connectivity index is 0. The van der Waals surface area contributed by atoms with Gasteiger partial charge in [0.15, 0.2) is 0 Å². The van der Waals surface area contributed by atoms with Crippen molar-refractivity contribution in [1.29, 1.82) is 0 Å². The van der Waals surface area contributed by atoms with Gasteiger partial charge in [-0.2, -0.15) is 0 Å². The first-order chi connectivity index (χ1) is 15.7. The molecule has 0 spiro atoms. The van der Waals surface area contributed by atoms with Crippen LogP contribution in [0.25, 0.3) is 0 Å². The van der Waals surface area contributed by atoms with Crippen LogP contribution >= 0.6 is 15.8 Å². The van der Waals surface area contributed by atoms with Crippen molar-refractivity contribution in [1.82, 2.24) is 6.38 Å². The zero-order valence-corrected chi connectivity index (χ0v) is 38.1. The monoisotopic (exact) mass is 764 g/mol. The Kier molecular flexibility index (Phi) is 18.8. The Morgan fingerprint density at radius 1 is 0.472 bits per heavy atom. The molecule has 0 radical (unpaired) electrons. The van der Waals surface area contributed by atoms with Crippen molar-refractivity contribution in [3.63, 3.8) is 0 Å². The molecule has 0 unspecified atom stereocenters. The van der Waals surface area contributed by atoms with Crippen molar-refractivity contribution in [3.05, 3.63) is 0 Å². The molecule has 222 valence electrons. The quantitative estimate of drug-likeness (QED) is 0.136. The first-order valence-corrected chi connectivity index (χ1v) is 38.6. The number of hydrogen-bond acceptors (Lipinski definition) is 2.